The molecule has 0 aliphatic carbocycles. The topological polar surface area (TPSA) is 15.3 Å². The van der Waals surface area contributed by atoms with Crippen LogP contribution in [0.4, 0.5) is 0 Å². The Morgan fingerprint density at radius 3 is 2.12 bits per heavy atom. The van der Waals surface area contributed by atoms with Gasteiger partial charge in [0.1, 0.15) is 0 Å². The van der Waals surface area contributed by atoms with Crippen LogP contribution in [0.5, 0.6) is 0 Å². The molecule has 2 saturated heterocycles. The van der Waals surface area contributed by atoms with E-state index in [4.69, 9.17) is 0 Å². The van der Waals surface area contributed by atoms with E-state index in [1.165, 1.54) is 71.1 Å². The van der Waals surface area contributed by atoms with E-state index in [-0.39, 0.29) is 24.8 Å². The van der Waals surface area contributed by atoms with Gasteiger partial charge in [-0.25, -0.2) is 0 Å². The van der Waals surface area contributed by atoms with Crippen molar-refractivity contribution in [1.82, 2.24) is 10.2 Å². The van der Waals surface area contributed by atoms with Crippen LogP contribution >= 0.6 is 24.8 Å². The summed E-state index contributed by atoms with van der Waals surface area (Å²) < 4.78 is 0. The van der Waals surface area contributed by atoms with E-state index >= 15 is 0 Å². The van der Waals surface area contributed by atoms with Gasteiger partial charge in [-0.15, -0.1) is 24.8 Å². The molecule has 1 atom stereocenters. The van der Waals surface area contributed by atoms with E-state index in [1.807, 2.05) is 0 Å². The van der Waals surface area contributed by atoms with E-state index in [2.05, 4.69) is 10.2 Å². The number of rotatable bonds is 2. The average molecular weight is 269 g/mol. The zero-order valence-corrected chi connectivity index (χ0v) is 11.8. The minimum Gasteiger partial charge on any atom is -0.313 e. The predicted octanol–water partition coefficient (Wildman–Crippen LogP) is 2.85. The first kappa shape index (κ1) is 16.5. The number of piperidine rings is 1. The van der Waals surface area contributed by atoms with Gasteiger partial charge in [0.25, 0.3) is 0 Å². The van der Waals surface area contributed by atoms with Gasteiger partial charge in [0.15, 0.2) is 0 Å². The molecule has 0 aromatic rings. The van der Waals surface area contributed by atoms with Crippen molar-refractivity contribution in [3.63, 3.8) is 0 Å². The third-order valence-electron chi connectivity index (χ3n) is 3.59. The fourth-order valence-electron chi connectivity index (χ4n) is 2.71. The van der Waals surface area contributed by atoms with E-state index in [1.54, 1.807) is 0 Å². The van der Waals surface area contributed by atoms with Crippen LogP contribution in [0, 0.1) is 0 Å². The highest BCUT2D eigenvalue weighted by Crippen LogP contribution is 2.13. The van der Waals surface area contributed by atoms with Crippen LogP contribution in [0.15, 0.2) is 0 Å². The van der Waals surface area contributed by atoms with Crippen molar-refractivity contribution in [2.24, 2.45) is 0 Å². The Kier molecular flexibility index (Phi) is 9.82. The average Bonchev–Trinajstić information content (AvgIpc) is 2.48. The second kappa shape index (κ2) is 9.52. The van der Waals surface area contributed by atoms with Crippen LogP contribution in [0.25, 0.3) is 0 Å². The molecule has 2 fully saturated rings. The molecule has 2 aliphatic heterocycles. The van der Waals surface area contributed by atoms with Gasteiger partial charge in [-0.05, 0) is 45.3 Å². The Morgan fingerprint density at radius 2 is 1.56 bits per heavy atom. The summed E-state index contributed by atoms with van der Waals surface area (Å²) in [6.07, 6.45) is 9.97. The number of likely N-dealkylation sites (tertiary alicyclic amines) is 1. The van der Waals surface area contributed by atoms with Crippen molar-refractivity contribution in [3.05, 3.63) is 0 Å². The summed E-state index contributed by atoms with van der Waals surface area (Å²) in [5, 5.41) is 3.65. The van der Waals surface area contributed by atoms with Gasteiger partial charge in [0.2, 0.25) is 0 Å². The molecule has 16 heavy (non-hydrogen) atoms. The predicted molar refractivity (Wildman–Crippen MR) is 75.0 cm³/mol. The van der Waals surface area contributed by atoms with E-state index < -0.39 is 0 Å². The summed E-state index contributed by atoms with van der Waals surface area (Å²) in [7, 11) is 0. The van der Waals surface area contributed by atoms with Crippen molar-refractivity contribution in [3.8, 4) is 0 Å². The van der Waals surface area contributed by atoms with Crippen molar-refractivity contribution in [2.45, 2.75) is 51.0 Å². The quantitative estimate of drug-likeness (QED) is 0.829. The van der Waals surface area contributed by atoms with E-state index in [9.17, 15) is 0 Å². The molecule has 2 rings (SSSR count). The third-order valence-corrected chi connectivity index (χ3v) is 3.59. The van der Waals surface area contributed by atoms with Crippen LogP contribution in [-0.2, 0) is 0 Å². The molecule has 2 nitrogen and oxygen atoms in total. The normalized spacial score (nSPS) is 27.4. The summed E-state index contributed by atoms with van der Waals surface area (Å²) in [4.78, 5) is 2.68. The first-order chi connectivity index (χ1) is 6.95. The SMILES string of the molecule is C1CCCN(CC2CCCCN2)CC1.Cl.Cl. The molecule has 1 N–H and O–H groups in total. The molecule has 2 aliphatic rings. The van der Waals surface area contributed by atoms with Crippen LogP contribution in [0.1, 0.15) is 44.9 Å². The maximum atomic E-state index is 3.65. The lowest BCUT2D eigenvalue weighted by Crippen LogP contribution is -2.43. The second-order valence-corrected chi connectivity index (χ2v) is 4.86. The lowest BCUT2D eigenvalue weighted by atomic mass is 10.0. The van der Waals surface area contributed by atoms with E-state index in [0.29, 0.717) is 0 Å². The number of nitrogens with one attached hydrogen (secondary N) is 1. The molecule has 0 amide bonds. The molecule has 4 heteroatoms. The largest absolute Gasteiger partial charge is 0.313 e. The monoisotopic (exact) mass is 268 g/mol. The van der Waals surface area contributed by atoms with Crippen molar-refractivity contribution in [2.75, 3.05) is 26.2 Å². The molecule has 98 valence electrons. The summed E-state index contributed by atoms with van der Waals surface area (Å²) in [5.41, 5.74) is 0. The summed E-state index contributed by atoms with van der Waals surface area (Å²) >= 11 is 0. The minimum atomic E-state index is 0. The number of hydrogen-bond donors (Lipinski definition) is 1. The fraction of sp³-hybridized carbons (Fsp3) is 1.00. The molecule has 2 heterocycles. The van der Waals surface area contributed by atoms with Gasteiger partial charge in [0.05, 0.1) is 0 Å². The van der Waals surface area contributed by atoms with Gasteiger partial charge in [-0.2, -0.15) is 0 Å². The Bertz CT molecular complexity index is 153. The molecule has 1 unspecified atom stereocenters. The first-order valence-corrected chi connectivity index (χ1v) is 6.41. The maximum absolute atomic E-state index is 3.65. The Labute approximate surface area is 112 Å². The highest BCUT2D eigenvalue weighted by Gasteiger charge is 2.17. The highest BCUT2D eigenvalue weighted by atomic mass is 35.5. The van der Waals surface area contributed by atoms with Crippen molar-refractivity contribution >= 4 is 24.8 Å². The molecular weight excluding hydrogens is 243 g/mol. The van der Waals surface area contributed by atoms with Crippen LogP contribution in [0.2, 0.25) is 0 Å². The third kappa shape index (κ3) is 5.72. The van der Waals surface area contributed by atoms with Gasteiger partial charge >= 0.3 is 0 Å². The Morgan fingerprint density at radius 1 is 0.875 bits per heavy atom. The number of nitrogens with zero attached hydrogens (tertiary/aromatic N) is 1. The van der Waals surface area contributed by atoms with E-state index in [0.717, 1.165) is 6.04 Å². The summed E-state index contributed by atoms with van der Waals surface area (Å²) in [6, 6.07) is 0.793. The zero-order valence-electron chi connectivity index (χ0n) is 10.1. The molecule has 0 radical (unpaired) electrons. The minimum absolute atomic E-state index is 0. The standard InChI is InChI=1S/C12H24N2.2ClH/c1-2-6-10-14(9-5-1)11-12-7-3-4-8-13-12;;/h12-13H,1-11H2;2*1H. The Hall–Kier alpha value is 0.500. The van der Waals surface area contributed by atoms with Crippen molar-refractivity contribution < 1.29 is 0 Å². The van der Waals surface area contributed by atoms with Crippen LogP contribution < -0.4 is 5.32 Å². The van der Waals surface area contributed by atoms with Crippen molar-refractivity contribution in [1.29, 1.82) is 0 Å². The van der Waals surface area contributed by atoms with Gasteiger partial charge in [-0.1, -0.05) is 19.3 Å². The van der Waals surface area contributed by atoms with Gasteiger partial charge in [0, 0.05) is 12.6 Å². The molecule has 0 spiro atoms. The summed E-state index contributed by atoms with van der Waals surface area (Å²) in [6.45, 7) is 5.24. The lowest BCUT2D eigenvalue weighted by molar-refractivity contribution is 0.231. The molecular formula is C12H26Cl2N2. The highest BCUT2D eigenvalue weighted by molar-refractivity contribution is 5.85. The smallest absolute Gasteiger partial charge is 0.0195 e. The Balaban J connectivity index is 0.00000112. The molecule has 0 bridgehead atoms. The lowest BCUT2D eigenvalue weighted by Gasteiger charge is -2.29. The second-order valence-electron chi connectivity index (χ2n) is 4.86. The van der Waals surface area contributed by atoms with Gasteiger partial charge < -0.3 is 10.2 Å². The molecule has 0 aromatic heterocycles. The molecule has 0 saturated carbocycles. The maximum Gasteiger partial charge on any atom is 0.0195 e. The number of hydrogen-bond acceptors (Lipinski definition) is 2. The van der Waals surface area contributed by atoms with Crippen LogP contribution in [0.3, 0.4) is 0 Å². The van der Waals surface area contributed by atoms with Gasteiger partial charge in [-0.3, -0.25) is 0 Å². The summed E-state index contributed by atoms with van der Waals surface area (Å²) in [5.74, 6) is 0. The number of halogens is 2. The fourth-order valence-corrected chi connectivity index (χ4v) is 2.71. The molecule has 0 aromatic carbocycles. The zero-order chi connectivity index (χ0) is 9.64. The first-order valence-electron chi connectivity index (χ1n) is 6.41. The van der Waals surface area contributed by atoms with Crippen LogP contribution in [-0.4, -0.2) is 37.1 Å².